The van der Waals surface area contributed by atoms with Crippen LogP contribution in [0.3, 0.4) is 0 Å². The van der Waals surface area contributed by atoms with E-state index in [9.17, 15) is 0 Å². The molecule has 0 fully saturated rings. The molecule has 0 aliphatic carbocycles. The molecule has 0 amide bonds. The van der Waals surface area contributed by atoms with Gasteiger partial charge in [-0.1, -0.05) is 53.1 Å². The fourth-order valence-electron chi connectivity index (χ4n) is 3.08. The van der Waals surface area contributed by atoms with E-state index < -0.39 is 0 Å². The molecule has 0 saturated carbocycles. The average molecular weight is 267 g/mol. The summed E-state index contributed by atoms with van der Waals surface area (Å²) in [4.78, 5) is 0. The smallest absolute Gasteiger partial charge is 0.000419 e. The molecule has 2 aromatic carbocycles. The van der Waals surface area contributed by atoms with Crippen molar-refractivity contribution in [3.63, 3.8) is 0 Å². The minimum atomic E-state index is 0.400. The zero-order chi connectivity index (χ0) is 14.7. The van der Waals surface area contributed by atoms with Crippen LogP contribution in [0.2, 0.25) is 0 Å². The van der Waals surface area contributed by atoms with Gasteiger partial charge in [-0.3, -0.25) is 0 Å². The van der Waals surface area contributed by atoms with Gasteiger partial charge in [-0.25, -0.2) is 0 Å². The van der Waals surface area contributed by atoms with E-state index >= 15 is 0 Å². The highest BCUT2D eigenvalue weighted by atomic mass is 14.5. The van der Waals surface area contributed by atoms with Crippen LogP contribution < -0.4 is 5.73 Å². The van der Waals surface area contributed by atoms with Gasteiger partial charge in [0.05, 0.1) is 0 Å². The fourth-order valence-corrected chi connectivity index (χ4v) is 3.08. The van der Waals surface area contributed by atoms with Gasteiger partial charge in [0.15, 0.2) is 0 Å². The van der Waals surface area contributed by atoms with Crippen molar-refractivity contribution in [2.24, 2.45) is 5.73 Å². The van der Waals surface area contributed by atoms with Crippen molar-refractivity contribution in [3.05, 3.63) is 69.8 Å². The van der Waals surface area contributed by atoms with Crippen LogP contribution in [0.1, 0.15) is 39.3 Å². The Morgan fingerprint density at radius 2 is 1.50 bits per heavy atom. The topological polar surface area (TPSA) is 26.0 Å². The van der Waals surface area contributed by atoms with Crippen molar-refractivity contribution in [2.75, 3.05) is 6.54 Å². The van der Waals surface area contributed by atoms with Gasteiger partial charge in [0.1, 0.15) is 0 Å². The minimum absolute atomic E-state index is 0.400. The summed E-state index contributed by atoms with van der Waals surface area (Å²) in [6, 6.07) is 13.5. The molecule has 1 unspecified atom stereocenters. The Balaban J connectivity index is 2.28. The second-order valence-corrected chi connectivity index (χ2v) is 5.99. The number of hydrogen-bond donors (Lipinski definition) is 1. The predicted molar refractivity (Wildman–Crippen MR) is 87.3 cm³/mol. The van der Waals surface area contributed by atoms with Crippen molar-refractivity contribution >= 4 is 0 Å². The maximum atomic E-state index is 6.04. The van der Waals surface area contributed by atoms with Crippen molar-refractivity contribution in [1.29, 1.82) is 0 Å². The van der Waals surface area contributed by atoms with Gasteiger partial charge in [-0.05, 0) is 57.4 Å². The highest BCUT2D eigenvalue weighted by Gasteiger charge is 2.13. The largest absolute Gasteiger partial charge is 0.330 e. The highest BCUT2D eigenvalue weighted by Crippen LogP contribution is 2.25. The Kier molecular flexibility index (Phi) is 4.61. The van der Waals surface area contributed by atoms with Crippen molar-refractivity contribution in [1.82, 2.24) is 0 Å². The summed E-state index contributed by atoms with van der Waals surface area (Å²) in [6.45, 7) is 9.33. The van der Waals surface area contributed by atoms with E-state index in [1.165, 1.54) is 33.4 Å². The average Bonchev–Trinajstić information content (AvgIpc) is 2.35. The highest BCUT2D eigenvalue weighted by molar-refractivity contribution is 5.36. The first-order chi connectivity index (χ1) is 9.49. The molecule has 2 rings (SSSR count). The molecular formula is C19H25N. The summed E-state index contributed by atoms with van der Waals surface area (Å²) in [6.07, 6.45) is 1.02. The Hall–Kier alpha value is -1.60. The molecule has 0 radical (unpaired) electrons. The predicted octanol–water partition coefficient (Wildman–Crippen LogP) is 4.21. The first kappa shape index (κ1) is 14.8. The second-order valence-electron chi connectivity index (χ2n) is 5.99. The minimum Gasteiger partial charge on any atom is -0.330 e. The number of hydrogen-bond acceptors (Lipinski definition) is 1. The molecular weight excluding hydrogens is 242 g/mol. The number of benzene rings is 2. The molecule has 1 heteroatoms. The molecule has 0 heterocycles. The van der Waals surface area contributed by atoms with Crippen LogP contribution in [-0.2, 0) is 6.42 Å². The first-order valence-electron chi connectivity index (χ1n) is 7.34. The lowest BCUT2D eigenvalue weighted by molar-refractivity contribution is 0.689. The molecule has 0 aliphatic rings. The summed E-state index contributed by atoms with van der Waals surface area (Å²) in [5.41, 5.74) is 14.1. The Morgan fingerprint density at radius 1 is 0.850 bits per heavy atom. The zero-order valence-electron chi connectivity index (χ0n) is 13.0. The van der Waals surface area contributed by atoms with Crippen LogP contribution in [0.4, 0.5) is 0 Å². The first-order valence-corrected chi connectivity index (χ1v) is 7.34. The lowest BCUT2D eigenvalue weighted by atomic mass is 9.88. The van der Waals surface area contributed by atoms with E-state index in [4.69, 9.17) is 5.73 Å². The summed E-state index contributed by atoms with van der Waals surface area (Å²) in [7, 11) is 0. The quantitative estimate of drug-likeness (QED) is 0.882. The van der Waals surface area contributed by atoms with Crippen LogP contribution in [-0.4, -0.2) is 6.54 Å². The molecule has 106 valence electrons. The van der Waals surface area contributed by atoms with E-state index in [1.807, 2.05) is 0 Å². The van der Waals surface area contributed by atoms with Gasteiger partial charge in [0, 0.05) is 5.92 Å². The summed E-state index contributed by atoms with van der Waals surface area (Å²) >= 11 is 0. The van der Waals surface area contributed by atoms with Gasteiger partial charge in [-0.15, -0.1) is 0 Å². The molecule has 1 nitrogen and oxygen atoms in total. The maximum absolute atomic E-state index is 6.04. The normalized spacial score (nSPS) is 12.4. The SMILES string of the molecule is Cc1cc(C)cc(CC(CN)c2ccc(C)cc2C)c1. The van der Waals surface area contributed by atoms with Gasteiger partial charge in [-0.2, -0.15) is 0 Å². The molecule has 0 spiro atoms. The van der Waals surface area contributed by atoms with E-state index in [2.05, 4.69) is 64.1 Å². The van der Waals surface area contributed by atoms with Crippen molar-refractivity contribution in [3.8, 4) is 0 Å². The third-order valence-corrected chi connectivity index (χ3v) is 3.91. The summed E-state index contributed by atoms with van der Waals surface area (Å²) < 4.78 is 0. The van der Waals surface area contributed by atoms with E-state index in [-0.39, 0.29) is 0 Å². The molecule has 20 heavy (non-hydrogen) atoms. The summed E-state index contributed by atoms with van der Waals surface area (Å²) in [5.74, 6) is 0.400. The Labute approximate surface area is 122 Å². The van der Waals surface area contributed by atoms with Crippen LogP contribution >= 0.6 is 0 Å². The maximum Gasteiger partial charge on any atom is 0.000419 e. The van der Waals surface area contributed by atoms with Crippen molar-refractivity contribution < 1.29 is 0 Å². The molecule has 0 aliphatic heterocycles. The van der Waals surface area contributed by atoms with Gasteiger partial charge < -0.3 is 5.73 Å². The monoisotopic (exact) mass is 267 g/mol. The molecule has 0 aromatic heterocycles. The van der Waals surface area contributed by atoms with Crippen LogP contribution in [0.5, 0.6) is 0 Å². The third-order valence-electron chi connectivity index (χ3n) is 3.91. The zero-order valence-corrected chi connectivity index (χ0v) is 13.0. The number of rotatable bonds is 4. The van der Waals surface area contributed by atoms with Gasteiger partial charge in [0.25, 0.3) is 0 Å². The van der Waals surface area contributed by atoms with E-state index in [1.54, 1.807) is 0 Å². The molecule has 0 saturated heterocycles. The summed E-state index contributed by atoms with van der Waals surface area (Å²) in [5, 5.41) is 0. The standard InChI is InChI=1S/C19H25N/c1-13-5-6-19(16(4)8-13)18(12-20)11-17-9-14(2)7-15(3)10-17/h5-10,18H,11-12,20H2,1-4H3. The van der Waals surface area contributed by atoms with Crippen LogP contribution in [0.25, 0.3) is 0 Å². The molecule has 2 N–H and O–H groups in total. The van der Waals surface area contributed by atoms with E-state index in [0.717, 1.165) is 6.42 Å². The number of nitrogens with two attached hydrogens (primary N) is 1. The Morgan fingerprint density at radius 3 is 2.05 bits per heavy atom. The molecule has 1 atom stereocenters. The lowest BCUT2D eigenvalue weighted by Crippen LogP contribution is -2.16. The molecule has 0 bridgehead atoms. The van der Waals surface area contributed by atoms with E-state index in [0.29, 0.717) is 12.5 Å². The molecule has 2 aromatic rings. The van der Waals surface area contributed by atoms with Crippen LogP contribution in [0.15, 0.2) is 36.4 Å². The number of aryl methyl sites for hydroxylation is 4. The fraction of sp³-hybridized carbons (Fsp3) is 0.368. The van der Waals surface area contributed by atoms with Crippen LogP contribution in [0, 0.1) is 27.7 Å². The second kappa shape index (κ2) is 6.23. The van der Waals surface area contributed by atoms with Crippen molar-refractivity contribution in [2.45, 2.75) is 40.0 Å². The van der Waals surface area contributed by atoms with Gasteiger partial charge in [0.2, 0.25) is 0 Å². The lowest BCUT2D eigenvalue weighted by Gasteiger charge is -2.19. The third kappa shape index (κ3) is 3.49. The van der Waals surface area contributed by atoms with Gasteiger partial charge >= 0.3 is 0 Å². The Bertz CT molecular complexity index is 578.